The molecule has 2 fully saturated rings. The van der Waals surface area contributed by atoms with Gasteiger partial charge in [-0.2, -0.15) is 0 Å². The van der Waals surface area contributed by atoms with Crippen LogP contribution in [0.25, 0.3) is 0 Å². The second-order valence-corrected chi connectivity index (χ2v) is 8.13. The molecule has 2 aliphatic carbocycles. The summed E-state index contributed by atoms with van der Waals surface area (Å²) in [5, 5.41) is 0. The topological polar surface area (TPSA) is 55.6 Å². The molecule has 0 aliphatic heterocycles. The van der Waals surface area contributed by atoms with E-state index in [4.69, 9.17) is 10.5 Å². The van der Waals surface area contributed by atoms with Gasteiger partial charge in [0.05, 0.1) is 0 Å². The molecule has 4 heteroatoms. The Balaban J connectivity index is 1.72. The first-order chi connectivity index (χ1) is 10.8. The molecule has 0 aromatic heterocycles. The van der Waals surface area contributed by atoms with Crippen LogP contribution in [-0.4, -0.2) is 35.7 Å². The minimum atomic E-state index is -0.466. The molecule has 3 rings (SSSR count). The molecule has 2 N–H and O–H groups in total. The Labute approximate surface area is 139 Å². The van der Waals surface area contributed by atoms with Crippen LogP contribution in [0.15, 0.2) is 30.3 Å². The average molecular weight is 316 g/mol. The van der Waals surface area contributed by atoms with Crippen LogP contribution in [0.1, 0.15) is 51.5 Å². The van der Waals surface area contributed by atoms with Crippen molar-refractivity contribution < 1.29 is 9.53 Å². The van der Waals surface area contributed by atoms with Crippen LogP contribution in [0.4, 0.5) is 4.79 Å². The van der Waals surface area contributed by atoms with Crippen molar-refractivity contribution >= 4 is 6.09 Å². The van der Waals surface area contributed by atoms with Gasteiger partial charge < -0.3 is 15.4 Å². The number of benzene rings is 1. The predicted molar refractivity (Wildman–Crippen MR) is 91.2 cm³/mol. The van der Waals surface area contributed by atoms with E-state index in [0.29, 0.717) is 12.5 Å². The molecule has 126 valence electrons. The summed E-state index contributed by atoms with van der Waals surface area (Å²) in [6.45, 7) is 7.13. The van der Waals surface area contributed by atoms with Crippen molar-refractivity contribution in [3.8, 4) is 0 Å². The van der Waals surface area contributed by atoms with E-state index in [2.05, 4.69) is 24.3 Å². The minimum Gasteiger partial charge on any atom is -0.444 e. The summed E-state index contributed by atoms with van der Waals surface area (Å²) in [6, 6.07) is 10.7. The maximum absolute atomic E-state index is 12.7. The number of hydrogen-bond donors (Lipinski definition) is 1. The lowest BCUT2D eigenvalue weighted by Crippen LogP contribution is -2.43. The van der Waals surface area contributed by atoms with Crippen LogP contribution in [0.5, 0.6) is 0 Å². The van der Waals surface area contributed by atoms with Gasteiger partial charge in [-0.1, -0.05) is 30.3 Å². The van der Waals surface area contributed by atoms with Crippen molar-refractivity contribution in [2.45, 2.75) is 57.6 Å². The van der Waals surface area contributed by atoms with Crippen molar-refractivity contribution in [2.75, 3.05) is 13.1 Å². The Hall–Kier alpha value is -1.55. The highest BCUT2D eigenvalue weighted by Crippen LogP contribution is 2.50. The lowest BCUT2D eigenvalue weighted by Gasteiger charge is -2.30. The van der Waals surface area contributed by atoms with Gasteiger partial charge in [-0.3, -0.25) is 0 Å². The van der Waals surface area contributed by atoms with Gasteiger partial charge in [0.2, 0.25) is 0 Å². The molecule has 4 nitrogen and oxygen atoms in total. The molecule has 0 saturated heterocycles. The van der Waals surface area contributed by atoms with Crippen LogP contribution in [0, 0.1) is 5.41 Å². The van der Waals surface area contributed by atoms with Gasteiger partial charge >= 0.3 is 6.09 Å². The molecule has 1 amide bonds. The summed E-state index contributed by atoms with van der Waals surface area (Å²) in [7, 11) is 0. The highest BCUT2D eigenvalue weighted by Gasteiger charge is 2.51. The Kier molecular flexibility index (Phi) is 4.13. The smallest absolute Gasteiger partial charge is 0.410 e. The van der Waals surface area contributed by atoms with Crippen LogP contribution in [0.3, 0.4) is 0 Å². The lowest BCUT2D eigenvalue weighted by molar-refractivity contribution is 0.0190. The number of ether oxygens (including phenoxy) is 1. The maximum atomic E-state index is 12.7. The normalized spacial score (nSPS) is 24.9. The number of carbonyl (C=O) groups is 1. The van der Waals surface area contributed by atoms with E-state index in [-0.39, 0.29) is 17.6 Å². The summed E-state index contributed by atoms with van der Waals surface area (Å²) in [4.78, 5) is 14.6. The largest absolute Gasteiger partial charge is 0.444 e. The first kappa shape index (κ1) is 16.3. The number of amides is 1. The quantitative estimate of drug-likeness (QED) is 0.904. The van der Waals surface area contributed by atoms with Crippen LogP contribution >= 0.6 is 0 Å². The fourth-order valence-electron chi connectivity index (χ4n) is 3.19. The standard InChI is InChI=1S/C19H28N2O2/c1-18(2,3)23-17(22)21(13-19(12-20)9-10-19)16-11-15(16)14-7-5-4-6-8-14/h4-8,15-16H,9-13,20H2,1-3H3. The van der Waals surface area contributed by atoms with Crippen LogP contribution in [-0.2, 0) is 4.74 Å². The predicted octanol–water partition coefficient (Wildman–Crippen LogP) is 3.52. The van der Waals surface area contributed by atoms with Crippen molar-refractivity contribution in [1.82, 2.24) is 4.90 Å². The number of nitrogens with two attached hydrogens (primary N) is 1. The SMILES string of the molecule is CC(C)(C)OC(=O)N(CC1(CN)CC1)C1CC1c1ccccc1. The molecule has 2 aliphatic rings. The molecule has 0 bridgehead atoms. The second kappa shape index (κ2) is 5.82. The van der Waals surface area contributed by atoms with Crippen LogP contribution in [0.2, 0.25) is 0 Å². The van der Waals surface area contributed by atoms with Gasteiger partial charge in [0.15, 0.2) is 0 Å². The lowest BCUT2D eigenvalue weighted by atomic mass is 10.1. The molecule has 0 spiro atoms. The maximum Gasteiger partial charge on any atom is 0.410 e. The monoisotopic (exact) mass is 316 g/mol. The number of carbonyl (C=O) groups excluding carboxylic acids is 1. The Bertz CT molecular complexity index is 560. The van der Waals surface area contributed by atoms with Crippen LogP contribution < -0.4 is 5.73 Å². The zero-order valence-corrected chi connectivity index (χ0v) is 14.4. The third kappa shape index (κ3) is 3.86. The fourth-order valence-corrected chi connectivity index (χ4v) is 3.19. The Morgan fingerprint density at radius 1 is 1.30 bits per heavy atom. The molecule has 0 radical (unpaired) electrons. The third-order valence-electron chi connectivity index (χ3n) is 4.91. The average Bonchev–Trinajstić information content (AvgIpc) is 3.39. The van der Waals surface area contributed by atoms with E-state index in [0.717, 1.165) is 25.8 Å². The Morgan fingerprint density at radius 2 is 1.96 bits per heavy atom. The molecule has 2 saturated carbocycles. The second-order valence-electron chi connectivity index (χ2n) is 8.13. The van der Waals surface area contributed by atoms with E-state index in [1.165, 1.54) is 5.56 Å². The van der Waals surface area contributed by atoms with Gasteiger partial charge in [-0.05, 0) is 52.1 Å². The molecular weight excluding hydrogens is 288 g/mol. The molecular formula is C19H28N2O2. The first-order valence-corrected chi connectivity index (χ1v) is 8.58. The molecule has 0 heterocycles. The van der Waals surface area contributed by atoms with Gasteiger partial charge in [-0.15, -0.1) is 0 Å². The molecule has 1 aromatic carbocycles. The van der Waals surface area contributed by atoms with Gasteiger partial charge in [0.25, 0.3) is 0 Å². The zero-order chi connectivity index (χ0) is 16.7. The number of rotatable bonds is 5. The molecule has 2 atom stereocenters. The highest BCUT2D eigenvalue weighted by atomic mass is 16.6. The van der Waals surface area contributed by atoms with E-state index in [1.54, 1.807) is 0 Å². The summed E-state index contributed by atoms with van der Waals surface area (Å²) >= 11 is 0. The van der Waals surface area contributed by atoms with Gasteiger partial charge in [-0.25, -0.2) is 4.79 Å². The van der Waals surface area contributed by atoms with E-state index >= 15 is 0 Å². The van der Waals surface area contributed by atoms with Gasteiger partial charge in [0.1, 0.15) is 5.60 Å². The fraction of sp³-hybridized carbons (Fsp3) is 0.632. The van der Waals surface area contributed by atoms with Crippen molar-refractivity contribution in [1.29, 1.82) is 0 Å². The molecule has 23 heavy (non-hydrogen) atoms. The molecule has 2 unspecified atom stereocenters. The Morgan fingerprint density at radius 3 is 2.48 bits per heavy atom. The van der Waals surface area contributed by atoms with E-state index in [9.17, 15) is 4.79 Å². The third-order valence-corrected chi connectivity index (χ3v) is 4.91. The van der Waals surface area contributed by atoms with Crippen molar-refractivity contribution in [3.05, 3.63) is 35.9 Å². The summed E-state index contributed by atoms with van der Waals surface area (Å²) in [5.41, 5.74) is 6.90. The van der Waals surface area contributed by atoms with Crippen molar-refractivity contribution in [2.24, 2.45) is 11.1 Å². The van der Waals surface area contributed by atoms with Crippen molar-refractivity contribution in [3.63, 3.8) is 0 Å². The summed E-state index contributed by atoms with van der Waals surface area (Å²) in [6.07, 6.45) is 3.06. The number of nitrogens with zero attached hydrogens (tertiary/aromatic N) is 1. The summed E-state index contributed by atoms with van der Waals surface area (Å²) in [5.74, 6) is 0.428. The number of hydrogen-bond acceptors (Lipinski definition) is 3. The highest BCUT2D eigenvalue weighted by molar-refractivity contribution is 5.69. The first-order valence-electron chi connectivity index (χ1n) is 8.58. The zero-order valence-electron chi connectivity index (χ0n) is 14.4. The molecule has 1 aromatic rings. The minimum absolute atomic E-state index is 0.126. The van der Waals surface area contributed by atoms with Gasteiger partial charge in [0, 0.05) is 23.9 Å². The van der Waals surface area contributed by atoms with E-state index < -0.39 is 5.60 Å². The van der Waals surface area contributed by atoms with E-state index in [1.807, 2.05) is 31.7 Å². The summed E-state index contributed by atoms with van der Waals surface area (Å²) < 4.78 is 5.65.